The van der Waals surface area contributed by atoms with Crippen LogP contribution < -0.4 is 5.32 Å². The first-order valence-electron chi connectivity index (χ1n) is 15.3. The third-order valence-electron chi connectivity index (χ3n) is 8.76. The number of nitrogens with one attached hydrogen (secondary N) is 1. The van der Waals surface area contributed by atoms with Crippen molar-refractivity contribution in [1.82, 2.24) is 4.90 Å². The molecule has 0 radical (unpaired) electrons. The largest absolute Gasteiger partial charge is 0.392 e. The number of aliphatic hydroxyl groups is 2. The number of amides is 1. The number of likely N-dealkylation sites (N-methyl/N-ethyl adjacent to an activating group) is 1. The highest BCUT2D eigenvalue weighted by Crippen LogP contribution is 2.42. The number of carbonyl (C=O) groups is 1. The maximum atomic E-state index is 14.2. The standard InChI is InChI=1S/C36H35F5N2O5/c1-19-26(17-43(3)20(2)33(45)22-7-5-4-6-8-22)47-36(48-34(19)23-11-9-21(18-44)10-12-23)24-13-15-25(16-14-24)42-35(46)27-28(37)30(39)32(41)31(40)29(27)38/h4-16,19-20,26,33-34,36,44-45H,17-18H2,1-3H3,(H,42,46)/t19-,20-,26+,33-,34+,36+/m0/s1. The molecule has 1 fully saturated rings. The number of hydrogen-bond donors (Lipinski definition) is 3. The first-order valence-corrected chi connectivity index (χ1v) is 15.3. The van der Waals surface area contributed by atoms with Gasteiger partial charge in [0.2, 0.25) is 5.82 Å². The topological polar surface area (TPSA) is 91.3 Å². The molecule has 48 heavy (non-hydrogen) atoms. The fraction of sp³-hybridized carbons (Fsp3) is 0.306. The Morgan fingerprint density at radius 2 is 1.40 bits per heavy atom. The molecule has 0 aromatic heterocycles. The van der Waals surface area contributed by atoms with Crippen LogP contribution in [-0.4, -0.2) is 46.8 Å². The third kappa shape index (κ3) is 7.27. The summed E-state index contributed by atoms with van der Waals surface area (Å²) < 4.78 is 82.0. The molecule has 1 heterocycles. The molecule has 1 amide bonds. The minimum atomic E-state index is -2.36. The molecule has 0 saturated carbocycles. The number of halogens is 5. The van der Waals surface area contributed by atoms with E-state index in [1.807, 2.05) is 68.3 Å². The third-order valence-corrected chi connectivity index (χ3v) is 8.76. The molecule has 1 aliphatic heterocycles. The van der Waals surface area contributed by atoms with Crippen LogP contribution in [-0.2, 0) is 16.1 Å². The lowest BCUT2D eigenvalue weighted by Gasteiger charge is -2.43. The molecule has 6 atom stereocenters. The summed E-state index contributed by atoms with van der Waals surface area (Å²) in [5.74, 6) is -13.0. The van der Waals surface area contributed by atoms with E-state index < -0.39 is 65.2 Å². The van der Waals surface area contributed by atoms with Crippen LogP contribution in [0.2, 0.25) is 0 Å². The summed E-state index contributed by atoms with van der Waals surface area (Å²) in [6.45, 7) is 4.22. The van der Waals surface area contributed by atoms with E-state index in [1.54, 1.807) is 24.3 Å². The Morgan fingerprint density at radius 1 is 0.833 bits per heavy atom. The van der Waals surface area contributed by atoms with Gasteiger partial charge in [-0.05, 0) is 42.8 Å². The van der Waals surface area contributed by atoms with E-state index in [1.165, 1.54) is 12.1 Å². The van der Waals surface area contributed by atoms with Crippen molar-refractivity contribution in [2.75, 3.05) is 18.9 Å². The van der Waals surface area contributed by atoms with E-state index in [0.29, 0.717) is 12.1 Å². The van der Waals surface area contributed by atoms with Crippen molar-refractivity contribution in [2.24, 2.45) is 5.92 Å². The Balaban J connectivity index is 1.37. The van der Waals surface area contributed by atoms with Gasteiger partial charge >= 0.3 is 0 Å². The van der Waals surface area contributed by atoms with Crippen LogP contribution in [0.3, 0.4) is 0 Å². The summed E-state index contributed by atoms with van der Waals surface area (Å²) in [5, 5.41) is 22.7. The molecule has 1 aliphatic rings. The van der Waals surface area contributed by atoms with Crippen LogP contribution in [0.4, 0.5) is 27.6 Å². The van der Waals surface area contributed by atoms with Gasteiger partial charge in [0.25, 0.3) is 5.91 Å². The normalized spacial score (nSPS) is 20.8. The first kappa shape index (κ1) is 35.1. The van der Waals surface area contributed by atoms with Gasteiger partial charge in [0.1, 0.15) is 5.56 Å². The van der Waals surface area contributed by atoms with Gasteiger partial charge in [-0.15, -0.1) is 0 Å². The average Bonchev–Trinajstić information content (AvgIpc) is 3.11. The Labute approximate surface area is 274 Å². The van der Waals surface area contributed by atoms with Gasteiger partial charge in [0.05, 0.1) is 24.9 Å². The van der Waals surface area contributed by atoms with Gasteiger partial charge in [0, 0.05) is 29.8 Å². The van der Waals surface area contributed by atoms with E-state index in [4.69, 9.17) is 9.47 Å². The van der Waals surface area contributed by atoms with E-state index in [9.17, 15) is 37.0 Å². The molecule has 4 aromatic rings. The SMILES string of the molecule is C[C@H]1[C@@H](CN(C)[C@@H](C)[C@H](O)c2ccccc2)O[C@@H](c2ccc(NC(=O)c3c(F)c(F)c(F)c(F)c3F)cc2)O[C@H]1c1ccc(CO)cc1. The van der Waals surface area contributed by atoms with E-state index in [-0.39, 0.29) is 24.3 Å². The summed E-state index contributed by atoms with van der Waals surface area (Å²) in [7, 11) is 1.89. The molecule has 3 N–H and O–H groups in total. The lowest BCUT2D eigenvalue weighted by molar-refractivity contribution is -0.276. The number of hydrogen-bond acceptors (Lipinski definition) is 6. The van der Waals surface area contributed by atoms with Gasteiger partial charge in [-0.25, -0.2) is 22.0 Å². The lowest BCUT2D eigenvalue weighted by Crippen LogP contribution is -2.46. The van der Waals surface area contributed by atoms with E-state index >= 15 is 0 Å². The van der Waals surface area contributed by atoms with Crippen molar-refractivity contribution in [2.45, 2.75) is 51.1 Å². The number of benzene rings is 4. The number of carbonyl (C=O) groups excluding carboxylic acids is 1. The predicted molar refractivity (Wildman–Crippen MR) is 167 cm³/mol. The van der Waals surface area contributed by atoms with Crippen LogP contribution >= 0.6 is 0 Å². The van der Waals surface area contributed by atoms with Gasteiger partial charge < -0.3 is 25.0 Å². The fourth-order valence-electron chi connectivity index (χ4n) is 5.67. The summed E-state index contributed by atoms with van der Waals surface area (Å²) in [6, 6.07) is 22.3. The van der Waals surface area contributed by atoms with Crippen molar-refractivity contribution in [3.8, 4) is 0 Å². The Hall–Kier alpha value is -4.20. The second-order valence-electron chi connectivity index (χ2n) is 11.9. The molecule has 254 valence electrons. The molecule has 0 unspecified atom stereocenters. The van der Waals surface area contributed by atoms with Gasteiger partial charge in [0.15, 0.2) is 29.6 Å². The number of anilines is 1. The minimum absolute atomic E-state index is 0.0213. The molecule has 12 heteroatoms. The molecule has 0 aliphatic carbocycles. The lowest BCUT2D eigenvalue weighted by atomic mass is 9.89. The highest BCUT2D eigenvalue weighted by Gasteiger charge is 2.40. The van der Waals surface area contributed by atoms with Crippen LogP contribution in [0.1, 0.15) is 65.0 Å². The maximum Gasteiger partial charge on any atom is 0.261 e. The molecule has 0 bridgehead atoms. The molecule has 0 spiro atoms. The second kappa shape index (κ2) is 14.9. The number of rotatable bonds is 10. The monoisotopic (exact) mass is 670 g/mol. The van der Waals surface area contributed by atoms with Crippen LogP contribution in [0.15, 0.2) is 78.9 Å². The Kier molecular flexibility index (Phi) is 10.9. The van der Waals surface area contributed by atoms with Gasteiger partial charge in [-0.1, -0.05) is 73.7 Å². The summed E-state index contributed by atoms with van der Waals surface area (Å²) >= 11 is 0. The van der Waals surface area contributed by atoms with E-state index in [2.05, 4.69) is 5.32 Å². The van der Waals surface area contributed by atoms with Crippen LogP contribution in [0.5, 0.6) is 0 Å². The minimum Gasteiger partial charge on any atom is -0.392 e. The summed E-state index contributed by atoms with van der Waals surface area (Å²) in [6.07, 6.45) is -2.50. The maximum absolute atomic E-state index is 14.2. The molecular formula is C36H35F5N2O5. The van der Waals surface area contributed by atoms with E-state index in [0.717, 1.165) is 16.7 Å². The van der Waals surface area contributed by atoms with Gasteiger partial charge in [-0.3, -0.25) is 9.69 Å². The van der Waals surface area contributed by atoms with Crippen molar-refractivity contribution in [3.63, 3.8) is 0 Å². The van der Waals surface area contributed by atoms with Crippen molar-refractivity contribution < 1.29 is 46.4 Å². The zero-order chi connectivity index (χ0) is 34.7. The number of ether oxygens (including phenoxy) is 2. The first-order chi connectivity index (χ1) is 22.9. The van der Waals surface area contributed by atoms with Crippen LogP contribution in [0, 0.1) is 35.0 Å². The zero-order valence-corrected chi connectivity index (χ0v) is 26.3. The van der Waals surface area contributed by atoms with Crippen molar-refractivity contribution >= 4 is 11.6 Å². The molecule has 1 saturated heterocycles. The molecule has 7 nitrogen and oxygen atoms in total. The van der Waals surface area contributed by atoms with Crippen molar-refractivity contribution in [3.05, 3.63) is 136 Å². The second-order valence-corrected chi connectivity index (χ2v) is 11.9. The number of nitrogens with zero attached hydrogens (tertiary/aromatic N) is 1. The molecule has 5 rings (SSSR count). The fourth-order valence-corrected chi connectivity index (χ4v) is 5.67. The highest BCUT2D eigenvalue weighted by molar-refractivity contribution is 6.04. The van der Waals surface area contributed by atoms with Crippen LogP contribution in [0.25, 0.3) is 0 Å². The summed E-state index contributed by atoms with van der Waals surface area (Å²) in [4.78, 5) is 14.5. The van der Waals surface area contributed by atoms with Gasteiger partial charge in [-0.2, -0.15) is 0 Å². The highest BCUT2D eigenvalue weighted by atomic mass is 19.2. The smallest absolute Gasteiger partial charge is 0.261 e. The zero-order valence-electron chi connectivity index (χ0n) is 26.3. The molecular weight excluding hydrogens is 635 g/mol. The Morgan fingerprint density at radius 3 is 1.98 bits per heavy atom. The molecule has 4 aromatic carbocycles. The number of aliphatic hydroxyl groups excluding tert-OH is 2. The average molecular weight is 671 g/mol. The predicted octanol–water partition coefficient (Wildman–Crippen LogP) is 6.97. The van der Waals surface area contributed by atoms with Crippen molar-refractivity contribution in [1.29, 1.82) is 0 Å². The summed E-state index contributed by atoms with van der Waals surface area (Å²) in [5.41, 5.74) is 1.32. The quantitative estimate of drug-likeness (QED) is 0.0960. The Bertz CT molecular complexity index is 1700.